The van der Waals surface area contributed by atoms with Crippen LogP contribution in [0.1, 0.15) is 38.5 Å². The van der Waals surface area contributed by atoms with E-state index in [9.17, 15) is 14.4 Å². The van der Waals surface area contributed by atoms with E-state index in [4.69, 9.17) is 20.3 Å². The fraction of sp³-hybridized carbons (Fsp3) is 0.343. The molecule has 3 saturated heterocycles. The Kier molecular flexibility index (Phi) is 10.4. The molecule has 12 heteroatoms. The van der Waals surface area contributed by atoms with E-state index in [1.54, 1.807) is 14.7 Å². The van der Waals surface area contributed by atoms with E-state index in [1.165, 1.54) is 0 Å². The van der Waals surface area contributed by atoms with Gasteiger partial charge in [-0.2, -0.15) is 0 Å². The Bertz CT molecular complexity index is 1640. The minimum absolute atomic E-state index is 0.292. The fourth-order valence-electron chi connectivity index (χ4n) is 5.20. The second-order valence-electron chi connectivity index (χ2n) is 11.8. The van der Waals surface area contributed by atoms with E-state index in [0.29, 0.717) is 52.0 Å². The molecule has 0 saturated carbocycles. The van der Waals surface area contributed by atoms with Crippen molar-refractivity contribution in [2.75, 3.05) is 52.2 Å². The highest BCUT2D eigenvalue weighted by Crippen LogP contribution is 2.31. The first-order valence-electron chi connectivity index (χ1n) is 15.7. The second-order valence-corrected chi connectivity index (χ2v) is 11.8. The Morgan fingerprint density at radius 3 is 1.15 bits per heavy atom. The first-order valence-corrected chi connectivity index (χ1v) is 15.7. The number of amides is 3. The highest BCUT2D eigenvalue weighted by atomic mass is 16.4. The average molecular weight is 640 g/mol. The topological polar surface area (TPSA) is 165 Å². The highest BCUT2D eigenvalue weighted by Gasteiger charge is 2.16. The zero-order valence-electron chi connectivity index (χ0n) is 27.1. The van der Waals surface area contributed by atoms with E-state index < -0.39 is 0 Å². The number of likely N-dealkylation sites (tertiary alicyclic amines) is 3. The molecule has 3 amide bonds. The summed E-state index contributed by atoms with van der Waals surface area (Å²) in [7, 11) is 5.53. The van der Waals surface area contributed by atoms with Crippen LogP contribution in [0, 0.1) is 0 Å². The molecular weight excluding hydrogens is 598 g/mol. The Morgan fingerprint density at radius 1 is 0.553 bits per heavy atom. The minimum Gasteiger partial charge on any atom is -0.436 e. The Hall–Kier alpha value is -5.39. The van der Waals surface area contributed by atoms with Crippen molar-refractivity contribution >= 4 is 51.3 Å². The molecule has 0 aliphatic carbocycles. The molecule has 5 heterocycles. The highest BCUT2D eigenvalue weighted by molar-refractivity contribution is 5.91. The maximum atomic E-state index is 10.5. The second kappa shape index (κ2) is 14.8. The van der Waals surface area contributed by atoms with Crippen LogP contribution in [0.15, 0.2) is 69.5 Å². The van der Waals surface area contributed by atoms with Crippen LogP contribution in [0.2, 0.25) is 0 Å². The van der Waals surface area contributed by atoms with Crippen LogP contribution in [-0.4, -0.2) is 83.2 Å². The number of nitrogens with zero attached hydrogens (tertiary/aromatic N) is 5. The summed E-state index contributed by atoms with van der Waals surface area (Å²) in [5.74, 6) is 1.94. The van der Waals surface area contributed by atoms with Gasteiger partial charge in [0.2, 0.25) is 29.5 Å². The molecular formula is C35H41N7O5. The summed E-state index contributed by atoms with van der Waals surface area (Å²) in [6, 6.07) is 18.4. The monoisotopic (exact) mass is 639 g/mol. The van der Waals surface area contributed by atoms with Crippen LogP contribution in [0.3, 0.4) is 0 Å². The molecule has 0 atom stereocenters. The molecule has 0 bridgehead atoms. The number of oxazole rings is 2. The SMILES string of the molecule is CN1CCCC1=O.CN1CCCC1=O.CN1CCCC1=O.Nc1ccc(-c2nc3cc4nc(-c5ccc(N)cc5)oc4cc3o2)cc1. The van der Waals surface area contributed by atoms with Crippen molar-refractivity contribution in [2.45, 2.75) is 38.5 Å². The molecule has 47 heavy (non-hydrogen) atoms. The number of benzene rings is 3. The van der Waals surface area contributed by atoms with Crippen LogP contribution in [0.25, 0.3) is 45.1 Å². The molecule has 5 aromatic rings. The van der Waals surface area contributed by atoms with Crippen LogP contribution in [-0.2, 0) is 14.4 Å². The number of fused-ring (bicyclic) bond motifs is 2. The molecule has 246 valence electrons. The van der Waals surface area contributed by atoms with Crippen molar-refractivity contribution in [1.82, 2.24) is 24.7 Å². The van der Waals surface area contributed by atoms with Crippen molar-refractivity contribution < 1.29 is 23.2 Å². The molecule has 0 radical (unpaired) electrons. The Morgan fingerprint density at radius 2 is 0.894 bits per heavy atom. The largest absolute Gasteiger partial charge is 0.436 e. The van der Waals surface area contributed by atoms with Crippen LogP contribution in [0.4, 0.5) is 11.4 Å². The van der Waals surface area contributed by atoms with E-state index in [0.717, 1.165) is 80.3 Å². The molecule has 3 aliphatic heterocycles. The van der Waals surface area contributed by atoms with Crippen molar-refractivity contribution in [3.63, 3.8) is 0 Å². The summed E-state index contributed by atoms with van der Waals surface area (Å²) in [6.07, 6.45) is 5.43. The summed E-state index contributed by atoms with van der Waals surface area (Å²) in [5, 5.41) is 0. The third-order valence-electron chi connectivity index (χ3n) is 8.14. The number of hydrogen-bond acceptors (Lipinski definition) is 9. The van der Waals surface area contributed by atoms with E-state index in [1.807, 2.05) is 81.8 Å². The van der Waals surface area contributed by atoms with E-state index in [-0.39, 0.29) is 0 Å². The first-order chi connectivity index (χ1) is 22.6. The van der Waals surface area contributed by atoms with Crippen molar-refractivity contribution in [1.29, 1.82) is 0 Å². The average Bonchev–Trinajstić information content (AvgIpc) is 3.90. The number of carbonyl (C=O) groups excluding carboxylic acids is 3. The lowest BCUT2D eigenvalue weighted by molar-refractivity contribution is -0.127. The number of nitrogen functional groups attached to an aromatic ring is 2. The van der Waals surface area contributed by atoms with Gasteiger partial charge in [0.15, 0.2) is 11.2 Å². The predicted octanol–water partition coefficient (Wildman–Crippen LogP) is 5.18. The van der Waals surface area contributed by atoms with Gasteiger partial charge in [-0.25, -0.2) is 9.97 Å². The zero-order valence-corrected chi connectivity index (χ0v) is 27.1. The third-order valence-corrected chi connectivity index (χ3v) is 8.14. The van der Waals surface area contributed by atoms with E-state index in [2.05, 4.69) is 9.97 Å². The quantitative estimate of drug-likeness (QED) is 0.248. The van der Waals surface area contributed by atoms with Gasteiger partial charge in [-0.15, -0.1) is 0 Å². The molecule has 2 aromatic heterocycles. The van der Waals surface area contributed by atoms with Gasteiger partial charge in [-0.1, -0.05) is 0 Å². The molecule has 8 rings (SSSR count). The maximum absolute atomic E-state index is 10.5. The number of rotatable bonds is 2. The third kappa shape index (κ3) is 8.46. The summed E-state index contributed by atoms with van der Waals surface area (Å²) in [5.41, 5.74) is 17.3. The molecule has 0 spiro atoms. The number of aromatic nitrogens is 2. The smallest absolute Gasteiger partial charge is 0.227 e. The first kappa shape index (κ1) is 33.0. The van der Waals surface area contributed by atoms with Gasteiger partial charge in [0.25, 0.3) is 0 Å². The number of carbonyl (C=O) groups is 3. The fourth-order valence-corrected chi connectivity index (χ4v) is 5.20. The predicted molar refractivity (Wildman–Crippen MR) is 182 cm³/mol. The zero-order chi connectivity index (χ0) is 33.5. The van der Waals surface area contributed by atoms with Crippen LogP contribution in [0.5, 0.6) is 0 Å². The van der Waals surface area contributed by atoms with Gasteiger partial charge < -0.3 is 35.0 Å². The molecule has 3 aliphatic rings. The molecule has 12 nitrogen and oxygen atoms in total. The van der Waals surface area contributed by atoms with Gasteiger partial charge >= 0.3 is 0 Å². The standard InChI is InChI=1S/C20H14N4O2.3C5H9NO/c21-13-5-1-11(2-6-13)19-23-15-9-16-18(10-17(15)25-19)26-20(24-16)12-3-7-14(22)8-4-12;3*1-6-4-2-3-5(6)7/h1-10H,21-22H2;3*2-4H2,1H3. The van der Waals surface area contributed by atoms with Gasteiger partial charge in [-0.3, -0.25) is 14.4 Å². The number of hydrogen-bond donors (Lipinski definition) is 2. The molecule has 4 N–H and O–H groups in total. The normalized spacial score (nSPS) is 15.8. The lowest BCUT2D eigenvalue weighted by atomic mass is 10.2. The van der Waals surface area contributed by atoms with Gasteiger partial charge in [-0.05, 0) is 73.9 Å². The number of anilines is 2. The Labute approximate surface area is 273 Å². The van der Waals surface area contributed by atoms with Crippen molar-refractivity contribution in [2.24, 2.45) is 0 Å². The summed E-state index contributed by atoms with van der Waals surface area (Å²) < 4.78 is 11.8. The molecule has 3 fully saturated rings. The number of nitrogens with two attached hydrogens (primary N) is 2. The lowest BCUT2D eigenvalue weighted by Crippen LogP contribution is -2.17. The minimum atomic E-state index is 0.292. The van der Waals surface area contributed by atoms with Crippen molar-refractivity contribution in [3.05, 3.63) is 60.7 Å². The van der Waals surface area contributed by atoms with Crippen LogP contribution >= 0.6 is 0 Å². The lowest BCUT2D eigenvalue weighted by Gasteiger charge is -2.03. The summed E-state index contributed by atoms with van der Waals surface area (Å²) in [6.45, 7) is 2.87. The maximum Gasteiger partial charge on any atom is 0.227 e. The molecule has 3 aromatic carbocycles. The van der Waals surface area contributed by atoms with Gasteiger partial charge in [0, 0.05) is 88.6 Å². The van der Waals surface area contributed by atoms with Gasteiger partial charge in [0.05, 0.1) is 0 Å². The summed E-state index contributed by atoms with van der Waals surface area (Å²) >= 11 is 0. The van der Waals surface area contributed by atoms with Gasteiger partial charge in [0.1, 0.15) is 11.0 Å². The molecule has 0 unspecified atom stereocenters. The summed E-state index contributed by atoms with van der Waals surface area (Å²) in [4.78, 5) is 45.9. The van der Waals surface area contributed by atoms with Crippen molar-refractivity contribution in [3.8, 4) is 22.9 Å². The van der Waals surface area contributed by atoms with E-state index >= 15 is 0 Å². The van der Waals surface area contributed by atoms with Crippen LogP contribution < -0.4 is 11.5 Å². The Balaban J connectivity index is 0.000000166.